The number of rotatable bonds is 9. The minimum atomic E-state index is -0.711. The Bertz CT molecular complexity index is 688. The van der Waals surface area contributed by atoms with Gasteiger partial charge >= 0.3 is 0 Å². The highest BCUT2D eigenvalue weighted by atomic mass is 19.1. The maximum atomic E-state index is 13.1. The lowest BCUT2D eigenvalue weighted by atomic mass is 10.1. The highest BCUT2D eigenvalue weighted by Crippen LogP contribution is 2.16. The van der Waals surface area contributed by atoms with Crippen LogP contribution in [-0.2, 0) is 11.3 Å². The largest absolute Gasteiger partial charge is 0.491 e. The van der Waals surface area contributed by atoms with Gasteiger partial charge in [0.25, 0.3) is 0 Å². The molecule has 3 rings (SSSR count). The number of hydrogen-bond donors (Lipinski definition) is 1. The van der Waals surface area contributed by atoms with Gasteiger partial charge in [-0.25, -0.2) is 8.78 Å². The molecule has 1 aliphatic rings. The molecule has 146 valence electrons. The fourth-order valence-corrected chi connectivity index (χ4v) is 3.20. The summed E-state index contributed by atoms with van der Waals surface area (Å²) in [5.74, 6) is -0.0817. The molecule has 2 aromatic rings. The number of nitrogens with zero attached hydrogens (tertiary/aromatic N) is 1. The topological polar surface area (TPSA) is 41.9 Å². The quantitative estimate of drug-likeness (QED) is 0.727. The molecule has 27 heavy (non-hydrogen) atoms. The van der Waals surface area contributed by atoms with Crippen molar-refractivity contribution in [2.45, 2.75) is 31.6 Å². The van der Waals surface area contributed by atoms with Crippen molar-refractivity contribution in [1.82, 2.24) is 4.90 Å². The Kier molecular flexibility index (Phi) is 7.15. The zero-order valence-corrected chi connectivity index (χ0v) is 15.2. The summed E-state index contributed by atoms with van der Waals surface area (Å²) in [5, 5.41) is 10.4. The fourth-order valence-electron chi connectivity index (χ4n) is 3.20. The predicted molar refractivity (Wildman–Crippen MR) is 98.6 cm³/mol. The highest BCUT2D eigenvalue weighted by molar-refractivity contribution is 5.22. The Morgan fingerprint density at radius 3 is 2.37 bits per heavy atom. The van der Waals surface area contributed by atoms with Gasteiger partial charge in [-0.3, -0.25) is 4.90 Å². The van der Waals surface area contributed by atoms with E-state index in [1.807, 2.05) is 0 Å². The molecular weight excluding hydrogens is 352 g/mol. The Morgan fingerprint density at radius 1 is 1.07 bits per heavy atom. The molecule has 2 atom stereocenters. The molecule has 1 saturated heterocycles. The summed E-state index contributed by atoms with van der Waals surface area (Å²) in [4.78, 5) is 2.10. The molecular formula is C21H25F2NO3. The Labute approximate surface area is 158 Å². The molecule has 0 spiro atoms. The molecule has 1 N–H and O–H groups in total. The summed E-state index contributed by atoms with van der Waals surface area (Å²) in [5.41, 5.74) is 0.973. The summed E-state index contributed by atoms with van der Waals surface area (Å²) in [6.45, 7) is 2.57. The van der Waals surface area contributed by atoms with Crippen molar-refractivity contribution in [2.24, 2.45) is 0 Å². The maximum absolute atomic E-state index is 13.1. The normalized spacial score (nSPS) is 18.0. The number of aliphatic hydroxyl groups excluding tert-OH is 1. The van der Waals surface area contributed by atoms with Crippen LogP contribution in [0.1, 0.15) is 18.4 Å². The van der Waals surface area contributed by atoms with Gasteiger partial charge in [0.15, 0.2) is 0 Å². The van der Waals surface area contributed by atoms with Crippen LogP contribution in [0.5, 0.6) is 5.75 Å². The first-order chi connectivity index (χ1) is 13.1. The van der Waals surface area contributed by atoms with E-state index in [4.69, 9.17) is 9.47 Å². The van der Waals surface area contributed by atoms with Crippen LogP contribution in [0.25, 0.3) is 0 Å². The molecule has 0 amide bonds. The summed E-state index contributed by atoms with van der Waals surface area (Å²) in [7, 11) is 0. The van der Waals surface area contributed by atoms with Crippen LogP contribution < -0.4 is 4.74 Å². The second-order valence-corrected chi connectivity index (χ2v) is 6.87. The summed E-state index contributed by atoms with van der Waals surface area (Å²) in [6.07, 6.45) is 1.49. The zero-order valence-electron chi connectivity index (χ0n) is 15.2. The van der Waals surface area contributed by atoms with Crippen LogP contribution in [-0.4, -0.2) is 48.5 Å². The molecule has 1 heterocycles. The van der Waals surface area contributed by atoms with Gasteiger partial charge in [0.2, 0.25) is 0 Å². The summed E-state index contributed by atoms with van der Waals surface area (Å²) >= 11 is 0. The lowest BCUT2D eigenvalue weighted by molar-refractivity contribution is 0.0313. The molecule has 1 aliphatic heterocycles. The van der Waals surface area contributed by atoms with E-state index in [-0.39, 0.29) is 24.3 Å². The maximum Gasteiger partial charge on any atom is 0.123 e. The van der Waals surface area contributed by atoms with Crippen molar-refractivity contribution in [3.05, 3.63) is 65.7 Å². The average molecular weight is 377 g/mol. The van der Waals surface area contributed by atoms with E-state index < -0.39 is 6.10 Å². The van der Waals surface area contributed by atoms with Gasteiger partial charge in [0, 0.05) is 26.2 Å². The standard InChI is InChI=1S/C21H25F2NO3/c22-17-5-3-16(4-6-17)12-24(14-21-2-1-11-26-21)13-19(25)15-27-20-9-7-18(23)8-10-20/h3-10,19,21,25H,1-2,11-15H2. The van der Waals surface area contributed by atoms with Gasteiger partial charge in [-0.1, -0.05) is 12.1 Å². The molecule has 1 fully saturated rings. The monoisotopic (exact) mass is 377 g/mol. The van der Waals surface area contributed by atoms with E-state index in [1.165, 1.54) is 36.4 Å². The highest BCUT2D eigenvalue weighted by Gasteiger charge is 2.21. The second kappa shape index (κ2) is 9.78. The van der Waals surface area contributed by atoms with E-state index >= 15 is 0 Å². The van der Waals surface area contributed by atoms with Gasteiger partial charge in [0.1, 0.15) is 30.1 Å². The van der Waals surface area contributed by atoms with E-state index in [2.05, 4.69) is 4.90 Å². The first-order valence-corrected chi connectivity index (χ1v) is 9.23. The second-order valence-electron chi connectivity index (χ2n) is 6.87. The van der Waals surface area contributed by atoms with Crippen molar-refractivity contribution < 1.29 is 23.4 Å². The fraction of sp³-hybridized carbons (Fsp3) is 0.429. The number of benzene rings is 2. The third kappa shape index (κ3) is 6.57. The van der Waals surface area contributed by atoms with Crippen LogP contribution in [0.4, 0.5) is 8.78 Å². The molecule has 4 nitrogen and oxygen atoms in total. The molecule has 0 aliphatic carbocycles. The van der Waals surface area contributed by atoms with Crippen LogP contribution in [0.2, 0.25) is 0 Å². The van der Waals surface area contributed by atoms with Crippen LogP contribution in [0.3, 0.4) is 0 Å². The third-order valence-corrected chi connectivity index (χ3v) is 4.53. The number of aliphatic hydroxyl groups is 1. The smallest absolute Gasteiger partial charge is 0.123 e. The molecule has 0 radical (unpaired) electrons. The van der Waals surface area contributed by atoms with Gasteiger partial charge in [-0.15, -0.1) is 0 Å². The van der Waals surface area contributed by atoms with E-state index in [0.717, 1.165) is 25.0 Å². The molecule has 0 aromatic heterocycles. The lowest BCUT2D eigenvalue weighted by Crippen LogP contribution is -2.39. The van der Waals surface area contributed by atoms with E-state index in [9.17, 15) is 13.9 Å². The third-order valence-electron chi connectivity index (χ3n) is 4.53. The SMILES string of the molecule is OC(COc1ccc(F)cc1)CN(Cc1ccc(F)cc1)CC1CCCO1. The van der Waals surface area contributed by atoms with Crippen molar-refractivity contribution in [3.63, 3.8) is 0 Å². The van der Waals surface area contributed by atoms with Crippen LogP contribution in [0.15, 0.2) is 48.5 Å². The van der Waals surface area contributed by atoms with Gasteiger partial charge < -0.3 is 14.6 Å². The van der Waals surface area contributed by atoms with E-state index in [1.54, 1.807) is 12.1 Å². The van der Waals surface area contributed by atoms with Gasteiger partial charge in [0.05, 0.1) is 6.10 Å². The van der Waals surface area contributed by atoms with E-state index in [0.29, 0.717) is 25.4 Å². The minimum absolute atomic E-state index is 0.108. The first-order valence-electron chi connectivity index (χ1n) is 9.23. The first kappa shape index (κ1) is 19.7. The molecule has 0 bridgehead atoms. The minimum Gasteiger partial charge on any atom is -0.491 e. The van der Waals surface area contributed by atoms with Crippen LogP contribution in [0, 0.1) is 11.6 Å². The van der Waals surface area contributed by atoms with Crippen molar-refractivity contribution in [1.29, 1.82) is 0 Å². The molecule has 6 heteroatoms. The number of hydrogen-bond acceptors (Lipinski definition) is 4. The molecule has 2 aromatic carbocycles. The summed E-state index contributed by atoms with van der Waals surface area (Å²) in [6, 6.07) is 12.1. The van der Waals surface area contributed by atoms with Crippen molar-refractivity contribution in [2.75, 3.05) is 26.3 Å². The molecule has 2 unspecified atom stereocenters. The van der Waals surface area contributed by atoms with Crippen molar-refractivity contribution in [3.8, 4) is 5.75 Å². The lowest BCUT2D eigenvalue weighted by Gasteiger charge is -2.27. The molecule has 0 saturated carbocycles. The Morgan fingerprint density at radius 2 is 1.74 bits per heavy atom. The van der Waals surface area contributed by atoms with Gasteiger partial charge in [-0.05, 0) is 54.8 Å². The average Bonchev–Trinajstić information content (AvgIpc) is 3.16. The van der Waals surface area contributed by atoms with Crippen LogP contribution >= 0.6 is 0 Å². The van der Waals surface area contributed by atoms with Gasteiger partial charge in [-0.2, -0.15) is 0 Å². The Hall–Kier alpha value is -2.02. The number of halogens is 2. The Balaban J connectivity index is 1.55. The predicted octanol–water partition coefficient (Wildman–Crippen LogP) is 3.39. The summed E-state index contributed by atoms with van der Waals surface area (Å²) < 4.78 is 37.3. The zero-order chi connectivity index (χ0) is 19.1. The van der Waals surface area contributed by atoms with Crippen molar-refractivity contribution >= 4 is 0 Å². The number of ether oxygens (including phenoxy) is 2.